The van der Waals surface area contributed by atoms with E-state index in [4.69, 9.17) is 8.83 Å². The molecule has 0 aliphatic heterocycles. The van der Waals surface area contributed by atoms with Gasteiger partial charge in [0, 0.05) is 53.4 Å². The van der Waals surface area contributed by atoms with E-state index in [1.54, 1.807) is 0 Å². The van der Waals surface area contributed by atoms with Crippen LogP contribution in [-0.2, 0) is 20.1 Å². The standard InChI is InChI=1S/C31H20NO2.Ir/c1-18-8-6-12-24-27(18)22-17-26-30(28-19(2)9-7-13-25(28)33-26)29(31(22)34-24)21-14-15-32-23(16-21)20-10-4-3-5-11-20;/h3-10,12-17H,1-2H3;/q-1;. The SMILES string of the molecule is Cc1cccc2oc3c(-c4ccnc(-c5[c-]cccc5)c4)c4c(cc3c12)oc1cccc(C)c14.[Ir]. The predicted molar refractivity (Wildman–Crippen MR) is 138 cm³/mol. The van der Waals surface area contributed by atoms with Gasteiger partial charge in [0.2, 0.25) is 0 Å². The topological polar surface area (TPSA) is 39.2 Å². The number of hydrogen-bond acceptors (Lipinski definition) is 3. The van der Waals surface area contributed by atoms with Crippen molar-refractivity contribution in [2.24, 2.45) is 0 Å². The third-order valence-corrected chi connectivity index (χ3v) is 6.70. The molecule has 0 amide bonds. The Bertz CT molecular complexity index is 1870. The summed E-state index contributed by atoms with van der Waals surface area (Å²) in [5.41, 5.74) is 9.78. The normalized spacial score (nSPS) is 11.5. The van der Waals surface area contributed by atoms with Crippen molar-refractivity contribution < 1.29 is 28.9 Å². The van der Waals surface area contributed by atoms with Crippen LogP contribution in [0.1, 0.15) is 11.1 Å². The molecule has 4 aromatic carbocycles. The van der Waals surface area contributed by atoms with Gasteiger partial charge in [0.05, 0.1) is 0 Å². The minimum Gasteiger partial charge on any atom is -0.456 e. The molecule has 0 atom stereocenters. The van der Waals surface area contributed by atoms with E-state index < -0.39 is 0 Å². The third kappa shape index (κ3) is 3.25. The maximum absolute atomic E-state index is 6.56. The first-order valence-electron chi connectivity index (χ1n) is 11.4. The van der Waals surface area contributed by atoms with Gasteiger partial charge in [-0.15, -0.1) is 35.9 Å². The first kappa shape index (κ1) is 21.8. The third-order valence-electron chi connectivity index (χ3n) is 6.70. The molecular formula is C31H20IrNO2-. The van der Waals surface area contributed by atoms with Gasteiger partial charge in [-0.3, -0.25) is 0 Å². The van der Waals surface area contributed by atoms with Crippen molar-refractivity contribution in [1.29, 1.82) is 0 Å². The second-order valence-electron chi connectivity index (χ2n) is 8.81. The number of aromatic nitrogens is 1. The molecule has 3 heterocycles. The number of aryl methyl sites for hydroxylation is 2. The summed E-state index contributed by atoms with van der Waals surface area (Å²) in [5.74, 6) is 0. The molecule has 0 saturated heterocycles. The molecule has 35 heavy (non-hydrogen) atoms. The minimum absolute atomic E-state index is 0. The van der Waals surface area contributed by atoms with Crippen LogP contribution in [0.3, 0.4) is 0 Å². The number of rotatable bonds is 2. The molecule has 1 radical (unpaired) electrons. The average Bonchev–Trinajstić information content (AvgIpc) is 3.42. The number of furan rings is 2. The Hall–Kier alpha value is -3.72. The van der Waals surface area contributed by atoms with Crippen LogP contribution in [-0.4, -0.2) is 4.98 Å². The van der Waals surface area contributed by atoms with E-state index in [-0.39, 0.29) is 20.1 Å². The first-order valence-corrected chi connectivity index (χ1v) is 11.4. The molecule has 7 aromatic rings. The number of nitrogens with zero attached hydrogens (tertiary/aromatic N) is 1. The van der Waals surface area contributed by atoms with Crippen LogP contribution >= 0.6 is 0 Å². The van der Waals surface area contributed by atoms with Gasteiger partial charge < -0.3 is 13.8 Å². The van der Waals surface area contributed by atoms with Crippen molar-refractivity contribution in [2.75, 3.05) is 0 Å². The van der Waals surface area contributed by atoms with E-state index in [0.717, 1.165) is 66.3 Å². The van der Waals surface area contributed by atoms with E-state index >= 15 is 0 Å². The molecule has 4 heteroatoms. The molecule has 0 unspecified atom stereocenters. The van der Waals surface area contributed by atoms with Gasteiger partial charge in [-0.1, -0.05) is 30.3 Å². The van der Waals surface area contributed by atoms with Gasteiger partial charge in [-0.05, 0) is 60.5 Å². The molecule has 7 rings (SSSR count). The Morgan fingerprint density at radius 2 is 1.49 bits per heavy atom. The summed E-state index contributed by atoms with van der Waals surface area (Å²) in [5, 5.41) is 4.39. The maximum Gasteiger partial charge on any atom is 0.144 e. The Labute approximate surface area is 215 Å². The molecular weight excluding hydrogens is 611 g/mol. The van der Waals surface area contributed by atoms with Gasteiger partial charge in [0.25, 0.3) is 0 Å². The molecule has 0 aliphatic carbocycles. The average molecular weight is 631 g/mol. The quantitative estimate of drug-likeness (QED) is 0.180. The van der Waals surface area contributed by atoms with E-state index in [1.807, 2.05) is 54.7 Å². The van der Waals surface area contributed by atoms with Crippen LogP contribution in [0.5, 0.6) is 0 Å². The van der Waals surface area contributed by atoms with Gasteiger partial charge in [0.1, 0.15) is 22.3 Å². The summed E-state index contributed by atoms with van der Waals surface area (Å²) in [6.45, 7) is 4.25. The van der Waals surface area contributed by atoms with Crippen molar-refractivity contribution in [3.8, 4) is 22.4 Å². The van der Waals surface area contributed by atoms with Crippen molar-refractivity contribution in [2.45, 2.75) is 13.8 Å². The molecule has 0 spiro atoms. The van der Waals surface area contributed by atoms with E-state index in [9.17, 15) is 0 Å². The Kier molecular flexibility index (Phi) is 5.10. The number of benzene rings is 4. The van der Waals surface area contributed by atoms with Crippen LogP contribution in [0.15, 0.2) is 93.9 Å². The minimum atomic E-state index is 0. The zero-order valence-corrected chi connectivity index (χ0v) is 21.6. The second kappa shape index (κ2) is 8.20. The predicted octanol–water partition coefficient (Wildman–Crippen LogP) is 8.63. The second-order valence-corrected chi connectivity index (χ2v) is 8.81. The fraction of sp³-hybridized carbons (Fsp3) is 0.0645. The van der Waals surface area contributed by atoms with E-state index in [0.29, 0.717) is 0 Å². The van der Waals surface area contributed by atoms with E-state index in [2.05, 4.69) is 55.2 Å². The molecule has 171 valence electrons. The van der Waals surface area contributed by atoms with Crippen molar-refractivity contribution in [1.82, 2.24) is 4.98 Å². The summed E-state index contributed by atoms with van der Waals surface area (Å²) >= 11 is 0. The number of fused-ring (bicyclic) bond motifs is 6. The maximum atomic E-state index is 6.56. The Morgan fingerprint density at radius 3 is 2.26 bits per heavy atom. The van der Waals surface area contributed by atoms with Gasteiger partial charge >= 0.3 is 0 Å². The summed E-state index contributed by atoms with van der Waals surface area (Å²) in [6.07, 6.45) is 1.86. The Balaban J connectivity index is 0.00000229. The fourth-order valence-electron chi connectivity index (χ4n) is 5.17. The zero-order valence-electron chi connectivity index (χ0n) is 19.2. The van der Waals surface area contributed by atoms with Crippen LogP contribution in [0.25, 0.3) is 66.3 Å². The monoisotopic (exact) mass is 631 g/mol. The molecule has 3 aromatic heterocycles. The van der Waals surface area contributed by atoms with Crippen LogP contribution in [0.2, 0.25) is 0 Å². The number of pyridine rings is 1. The van der Waals surface area contributed by atoms with Crippen molar-refractivity contribution >= 4 is 43.9 Å². The summed E-state index contributed by atoms with van der Waals surface area (Å²) in [6, 6.07) is 29.9. The molecule has 3 nitrogen and oxygen atoms in total. The van der Waals surface area contributed by atoms with Gasteiger partial charge in [0.15, 0.2) is 0 Å². The zero-order chi connectivity index (χ0) is 22.8. The molecule has 0 saturated carbocycles. The summed E-state index contributed by atoms with van der Waals surface area (Å²) in [4.78, 5) is 4.63. The molecule has 0 bridgehead atoms. The smallest absolute Gasteiger partial charge is 0.144 e. The van der Waals surface area contributed by atoms with E-state index in [1.165, 1.54) is 11.1 Å². The summed E-state index contributed by atoms with van der Waals surface area (Å²) in [7, 11) is 0. The molecule has 0 aliphatic rings. The van der Waals surface area contributed by atoms with Crippen LogP contribution < -0.4 is 0 Å². The number of hydrogen-bond donors (Lipinski definition) is 0. The first-order chi connectivity index (χ1) is 16.7. The van der Waals surface area contributed by atoms with Gasteiger partial charge in [-0.25, -0.2) is 0 Å². The van der Waals surface area contributed by atoms with Gasteiger partial charge in [-0.2, -0.15) is 0 Å². The molecule has 0 N–H and O–H groups in total. The van der Waals surface area contributed by atoms with Crippen LogP contribution in [0.4, 0.5) is 0 Å². The van der Waals surface area contributed by atoms with Crippen LogP contribution in [0, 0.1) is 19.9 Å². The summed E-state index contributed by atoms with van der Waals surface area (Å²) < 4.78 is 13.0. The largest absolute Gasteiger partial charge is 0.456 e. The van der Waals surface area contributed by atoms with Crippen molar-refractivity contribution in [3.63, 3.8) is 0 Å². The fourth-order valence-corrected chi connectivity index (χ4v) is 5.17. The van der Waals surface area contributed by atoms with Crippen molar-refractivity contribution in [3.05, 3.63) is 102 Å². The Morgan fingerprint density at radius 1 is 0.714 bits per heavy atom. The molecule has 0 fully saturated rings.